The molecule has 0 bridgehead atoms. The Kier molecular flexibility index (Phi) is 15.8. The molecule has 6 heteroatoms. The van der Waals surface area contributed by atoms with Crippen LogP contribution in [0.4, 0.5) is 0 Å². The SMILES string of the molecule is C#C.CCSC(=S)SCC(=O)NCC(C)(C)CC(C)(C)CC[C@H]1CCC2/C(=C/C=C3/CCC[C@H](O)C3)CCC[C@@]21CC. The first kappa shape index (κ1) is 37.4. The molecule has 1 unspecified atom stereocenters. The average Bonchev–Trinajstić information content (AvgIpc) is 3.33. The predicted octanol–water partition coefficient (Wildman–Crippen LogP) is 9.74. The zero-order chi connectivity index (χ0) is 31.4. The van der Waals surface area contributed by atoms with E-state index in [9.17, 15) is 9.90 Å². The Hall–Kier alpha value is -0.740. The van der Waals surface area contributed by atoms with Gasteiger partial charge in [0, 0.05) is 6.54 Å². The molecule has 3 aliphatic rings. The van der Waals surface area contributed by atoms with Crippen LogP contribution in [0.15, 0.2) is 23.3 Å². The fourth-order valence-electron chi connectivity index (χ4n) is 8.43. The van der Waals surface area contributed by atoms with Crippen molar-refractivity contribution in [3.05, 3.63) is 23.3 Å². The molecule has 3 fully saturated rings. The molecule has 1 amide bonds. The highest BCUT2D eigenvalue weighted by Gasteiger charge is 2.51. The predicted molar refractivity (Wildman–Crippen MR) is 191 cm³/mol. The van der Waals surface area contributed by atoms with Gasteiger partial charge in [0.15, 0.2) is 0 Å². The molecule has 2 N–H and O–H groups in total. The summed E-state index contributed by atoms with van der Waals surface area (Å²) in [7, 11) is 0. The maximum absolute atomic E-state index is 12.4. The Morgan fingerprint density at radius 3 is 2.48 bits per heavy atom. The van der Waals surface area contributed by atoms with E-state index in [1.165, 1.54) is 68.7 Å². The van der Waals surface area contributed by atoms with E-state index in [-0.39, 0.29) is 22.8 Å². The first-order valence-corrected chi connectivity index (χ1v) is 18.7. The summed E-state index contributed by atoms with van der Waals surface area (Å²) in [6.45, 7) is 14.7. The third-order valence-electron chi connectivity index (χ3n) is 10.1. The number of amides is 1. The standard InChI is InChI=1S/C34H57NO2S3.C2H2/c1-7-34-19-10-12-26(15-14-25-11-9-13-28(36)21-25)29(34)17-16-27(34)18-20-32(3,4)23-33(5,6)24-35-30(37)22-40-31(38)39-8-2;1-2/h14-15,27-29,36H,7-13,16-24H2,1-6H3,(H,35,37);1-2H/b25-14-,26-15+;/t27-,28+,29?,34-;/m1./s1. The van der Waals surface area contributed by atoms with Crippen LogP contribution in [0.25, 0.3) is 0 Å². The first-order valence-electron chi connectivity index (χ1n) is 16.4. The van der Waals surface area contributed by atoms with E-state index in [1.54, 1.807) is 17.3 Å². The summed E-state index contributed by atoms with van der Waals surface area (Å²) in [4.78, 5) is 12.4. The van der Waals surface area contributed by atoms with Crippen molar-refractivity contribution in [1.29, 1.82) is 0 Å². The van der Waals surface area contributed by atoms with Gasteiger partial charge in [0.1, 0.15) is 3.53 Å². The lowest BCUT2D eigenvalue weighted by molar-refractivity contribution is -0.119. The van der Waals surface area contributed by atoms with Crippen molar-refractivity contribution < 1.29 is 9.90 Å². The minimum Gasteiger partial charge on any atom is -0.393 e. The van der Waals surface area contributed by atoms with Crippen LogP contribution >= 0.6 is 35.7 Å². The number of aliphatic hydroxyl groups is 1. The zero-order valence-electron chi connectivity index (χ0n) is 27.4. The molecule has 42 heavy (non-hydrogen) atoms. The van der Waals surface area contributed by atoms with Gasteiger partial charge in [-0.05, 0) is 117 Å². The molecule has 0 heterocycles. The lowest BCUT2D eigenvalue weighted by Crippen LogP contribution is -2.38. The number of rotatable bonds is 12. The topological polar surface area (TPSA) is 49.3 Å². The van der Waals surface area contributed by atoms with Crippen LogP contribution in [-0.2, 0) is 4.79 Å². The van der Waals surface area contributed by atoms with Crippen molar-refractivity contribution in [3.63, 3.8) is 0 Å². The normalized spacial score (nSPS) is 28.2. The largest absolute Gasteiger partial charge is 0.393 e. The van der Waals surface area contributed by atoms with Crippen molar-refractivity contribution >= 4 is 45.2 Å². The van der Waals surface area contributed by atoms with Crippen molar-refractivity contribution in [2.45, 2.75) is 131 Å². The summed E-state index contributed by atoms with van der Waals surface area (Å²) < 4.78 is 0.860. The minimum atomic E-state index is -0.132. The minimum absolute atomic E-state index is 0.0596. The number of hydrogen-bond acceptors (Lipinski definition) is 5. The van der Waals surface area contributed by atoms with Crippen LogP contribution < -0.4 is 5.32 Å². The maximum Gasteiger partial charge on any atom is 0.230 e. The molecule has 4 atom stereocenters. The average molecular weight is 634 g/mol. The molecular formula is C36H59NO2S3. The number of allylic oxidation sites excluding steroid dienone is 3. The Balaban J connectivity index is 0.00000301. The number of carbonyl (C=O) groups is 1. The Bertz CT molecular complexity index is 966. The molecule has 0 radical (unpaired) electrons. The van der Waals surface area contributed by atoms with Gasteiger partial charge in [0.2, 0.25) is 5.91 Å². The lowest BCUT2D eigenvalue weighted by Gasteiger charge is -2.46. The number of nitrogens with one attached hydrogen (secondary N) is 1. The van der Waals surface area contributed by atoms with Crippen LogP contribution in [0.1, 0.15) is 125 Å². The molecule has 0 aromatic rings. The van der Waals surface area contributed by atoms with E-state index in [2.05, 4.69) is 71.9 Å². The number of aliphatic hydroxyl groups excluding tert-OH is 1. The quantitative estimate of drug-likeness (QED) is 0.166. The summed E-state index contributed by atoms with van der Waals surface area (Å²) in [5, 5.41) is 13.3. The van der Waals surface area contributed by atoms with Gasteiger partial charge in [-0.25, -0.2) is 0 Å². The zero-order valence-corrected chi connectivity index (χ0v) is 29.9. The molecule has 0 aromatic heterocycles. The van der Waals surface area contributed by atoms with E-state index in [4.69, 9.17) is 12.2 Å². The van der Waals surface area contributed by atoms with Gasteiger partial charge in [-0.2, -0.15) is 0 Å². The van der Waals surface area contributed by atoms with Crippen molar-refractivity contribution in [2.24, 2.45) is 28.1 Å². The molecule has 3 nitrogen and oxygen atoms in total. The lowest BCUT2D eigenvalue weighted by atomic mass is 9.59. The van der Waals surface area contributed by atoms with Gasteiger partial charge in [-0.1, -0.05) is 88.8 Å². The summed E-state index contributed by atoms with van der Waals surface area (Å²) in [5.41, 5.74) is 3.93. The third kappa shape index (κ3) is 11.3. The maximum atomic E-state index is 12.4. The first-order chi connectivity index (χ1) is 19.9. The monoisotopic (exact) mass is 633 g/mol. The molecule has 3 rings (SSSR count). The van der Waals surface area contributed by atoms with E-state index >= 15 is 0 Å². The number of thiocarbonyl (C=S) groups is 1. The third-order valence-corrected chi connectivity index (χ3v) is 12.6. The summed E-state index contributed by atoms with van der Waals surface area (Å²) >= 11 is 8.43. The van der Waals surface area contributed by atoms with Crippen LogP contribution in [0, 0.1) is 40.9 Å². The van der Waals surface area contributed by atoms with Crippen molar-refractivity contribution in [3.8, 4) is 12.8 Å². The Morgan fingerprint density at radius 2 is 1.81 bits per heavy atom. The number of hydrogen-bond donors (Lipinski definition) is 2. The van der Waals surface area contributed by atoms with E-state index < -0.39 is 0 Å². The fraction of sp³-hybridized carbons (Fsp3) is 0.778. The second-order valence-electron chi connectivity index (χ2n) is 14.4. The van der Waals surface area contributed by atoms with Crippen molar-refractivity contribution in [1.82, 2.24) is 5.32 Å². The number of carbonyl (C=O) groups excluding carboxylic acids is 1. The smallest absolute Gasteiger partial charge is 0.230 e. The number of fused-ring (bicyclic) bond motifs is 1. The van der Waals surface area contributed by atoms with Gasteiger partial charge in [-0.15, -0.1) is 24.6 Å². The number of terminal acetylenes is 1. The summed E-state index contributed by atoms with van der Waals surface area (Å²) in [6, 6.07) is 0. The highest BCUT2D eigenvalue weighted by molar-refractivity contribution is 8.47. The van der Waals surface area contributed by atoms with Gasteiger partial charge in [0.05, 0.1) is 11.9 Å². The molecule has 0 aliphatic heterocycles. The van der Waals surface area contributed by atoms with Crippen LogP contribution in [0.3, 0.4) is 0 Å². The molecule has 0 spiro atoms. The molecular weight excluding hydrogens is 575 g/mol. The van der Waals surface area contributed by atoms with E-state index in [0.717, 1.165) is 53.2 Å². The molecule has 3 saturated carbocycles. The molecule has 3 aliphatic carbocycles. The summed E-state index contributed by atoms with van der Waals surface area (Å²) in [5.74, 6) is 3.03. The van der Waals surface area contributed by atoms with Gasteiger partial charge < -0.3 is 10.4 Å². The van der Waals surface area contributed by atoms with Crippen LogP contribution in [0.5, 0.6) is 0 Å². The molecule has 0 saturated heterocycles. The van der Waals surface area contributed by atoms with Crippen LogP contribution in [0.2, 0.25) is 0 Å². The van der Waals surface area contributed by atoms with E-state index in [1.807, 2.05) is 0 Å². The fourth-order valence-corrected chi connectivity index (χ4v) is 10.4. The second kappa shape index (κ2) is 17.7. The second-order valence-corrected chi connectivity index (χ2v) is 17.8. The Morgan fingerprint density at radius 1 is 1.07 bits per heavy atom. The van der Waals surface area contributed by atoms with Gasteiger partial charge in [-0.3, -0.25) is 4.79 Å². The summed E-state index contributed by atoms with van der Waals surface area (Å²) in [6.07, 6.45) is 28.6. The Labute approximate surface area is 272 Å². The van der Waals surface area contributed by atoms with E-state index in [0.29, 0.717) is 17.7 Å². The van der Waals surface area contributed by atoms with Gasteiger partial charge in [0.25, 0.3) is 0 Å². The van der Waals surface area contributed by atoms with Crippen LogP contribution in [-0.4, -0.2) is 38.7 Å². The highest BCUT2D eigenvalue weighted by Crippen LogP contribution is 2.61. The molecule has 0 aromatic carbocycles. The highest BCUT2D eigenvalue weighted by atomic mass is 32.2. The van der Waals surface area contributed by atoms with Crippen molar-refractivity contribution in [2.75, 3.05) is 18.1 Å². The van der Waals surface area contributed by atoms with Gasteiger partial charge >= 0.3 is 0 Å². The molecule has 238 valence electrons. The number of thioether (sulfide) groups is 2.